The van der Waals surface area contributed by atoms with Crippen LogP contribution >= 0.6 is 11.8 Å². The zero-order valence-corrected chi connectivity index (χ0v) is 10.1. The van der Waals surface area contributed by atoms with Crippen molar-refractivity contribution in [3.8, 4) is 0 Å². The van der Waals surface area contributed by atoms with Gasteiger partial charge in [0.1, 0.15) is 5.60 Å². The summed E-state index contributed by atoms with van der Waals surface area (Å²) in [7, 11) is 0. The molecule has 2 unspecified atom stereocenters. The molecule has 1 aliphatic heterocycles. The van der Waals surface area contributed by atoms with E-state index in [1.807, 2.05) is 28.8 Å². The molecule has 15 heavy (non-hydrogen) atoms. The maximum absolute atomic E-state index is 10.4. The van der Waals surface area contributed by atoms with Gasteiger partial charge in [-0.3, -0.25) is 4.68 Å². The van der Waals surface area contributed by atoms with E-state index in [9.17, 15) is 5.11 Å². The molecule has 3 nitrogen and oxygen atoms in total. The van der Waals surface area contributed by atoms with Gasteiger partial charge in [-0.25, -0.2) is 0 Å². The molecule has 0 saturated carbocycles. The van der Waals surface area contributed by atoms with Gasteiger partial charge in [0.05, 0.1) is 6.20 Å². The number of hydrogen-bond donors (Lipinski definition) is 1. The fraction of sp³-hybridized carbons (Fsp3) is 0.727. The minimum Gasteiger partial charge on any atom is -0.384 e. The van der Waals surface area contributed by atoms with Crippen LogP contribution in [0, 0.1) is 0 Å². The van der Waals surface area contributed by atoms with E-state index in [2.05, 4.69) is 18.9 Å². The highest BCUT2D eigenvalue weighted by molar-refractivity contribution is 8.00. The number of aryl methyl sites for hydroxylation is 1. The molecule has 1 aromatic heterocycles. The maximum Gasteiger partial charge on any atom is 0.103 e. The number of nitrogens with zero attached hydrogens (tertiary/aromatic N) is 2. The zero-order chi connectivity index (χ0) is 10.9. The molecule has 2 rings (SSSR count). The lowest BCUT2D eigenvalue weighted by molar-refractivity contribution is 0.0611. The van der Waals surface area contributed by atoms with Crippen LogP contribution in [-0.2, 0) is 12.1 Å². The molecule has 0 bridgehead atoms. The van der Waals surface area contributed by atoms with Crippen LogP contribution in [0.2, 0.25) is 0 Å². The predicted molar refractivity (Wildman–Crippen MR) is 63.0 cm³/mol. The molecule has 0 spiro atoms. The Hall–Kier alpha value is -0.480. The Balaban J connectivity index is 2.14. The predicted octanol–water partition coefficient (Wildman–Crippen LogP) is 2.01. The molecule has 1 fully saturated rings. The first-order valence-electron chi connectivity index (χ1n) is 5.51. The molecule has 1 N–H and O–H groups in total. The Labute approximate surface area is 94.9 Å². The molecular weight excluding hydrogens is 208 g/mol. The van der Waals surface area contributed by atoms with E-state index in [0.717, 1.165) is 30.7 Å². The fourth-order valence-corrected chi connectivity index (χ4v) is 3.27. The van der Waals surface area contributed by atoms with Gasteiger partial charge in [0.15, 0.2) is 0 Å². The third kappa shape index (κ3) is 2.21. The minimum absolute atomic E-state index is 0.546. The highest BCUT2D eigenvalue weighted by Gasteiger charge is 2.38. The summed E-state index contributed by atoms with van der Waals surface area (Å²) in [6, 6.07) is 0. The van der Waals surface area contributed by atoms with Crippen molar-refractivity contribution in [1.82, 2.24) is 9.78 Å². The van der Waals surface area contributed by atoms with E-state index < -0.39 is 5.60 Å². The highest BCUT2D eigenvalue weighted by Crippen LogP contribution is 2.40. The molecule has 0 radical (unpaired) electrons. The number of aliphatic hydroxyl groups is 1. The molecule has 2 atom stereocenters. The van der Waals surface area contributed by atoms with Gasteiger partial charge < -0.3 is 5.11 Å². The second-order valence-corrected chi connectivity index (χ2v) is 5.78. The van der Waals surface area contributed by atoms with Crippen molar-refractivity contribution in [2.45, 2.75) is 44.1 Å². The zero-order valence-electron chi connectivity index (χ0n) is 9.31. The van der Waals surface area contributed by atoms with Gasteiger partial charge in [-0.1, -0.05) is 13.8 Å². The van der Waals surface area contributed by atoms with Gasteiger partial charge in [-0.05, 0) is 12.8 Å². The van der Waals surface area contributed by atoms with Gasteiger partial charge in [-0.15, -0.1) is 0 Å². The monoisotopic (exact) mass is 226 g/mol. The average Bonchev–Trinajstić information content (AvgIpc) is 2.75. The van der Waals surface area contributed by atoms with Crippen molar-refractivity contribution in [2.24, 2.45) is 0 Å². The minimum atomic E-state index is -0.643. The Kier molecular flexibility index (Phi) is 3.07. The standard InChI is InChI=1S/C11H18N2OS/c1-3-4-13-7-10(6-12-13)11(14)5-9(2)15-8-11/h6-7,9,14H,3-5,8H2,1-2H3. The maximum atomic E-state index is 10.4. The van der Waals surface area contributed by atoms with Crippen molar-refractivity contribution in [3.05, 3.63) is 18.0 Å². The third-order valence-corrected chi connectivity index (χ3v) is 4.24. The molecular formula is C11H18N2OS. The molecule has 0 aromatic carbocycles. The average molecular weight is 226 g/mol. The molecule has 4 heteroatoms. The number of aromatic nitrogens is 2. The Morgan fingerprint density at radius 1 is 1.73 bits per heavy atom. The topological polar surface area (TPSA) is 38.0 Å². The van der Waals surface area contributed by atoms with Crippen LogP contribution in [0.15, 0.2) is 12.4 Å². The summed E-state index contributed by atoms with van der Waals surface area (Å²) < 4.78 is 1.92. The van der Waals surface area contributed by atoms with Crippen LogP contribution in [0.5, 0.6) is 0 Å². The van der Waals surface area contributed by atoms with E-state index in [1.165, 1.54) is 0 Å². The van der Waals surface area contributed by atoms with Crippen molar-refractivity contribution < 1.29 is 5.11 Å². The summed E-state index contributed by atoms with van der Waals surface area (Å²) in [6.07, 6.45) is 5.72. The Bertz CT molecular complexity index is 339. The van der Waals surface area contributed by atoms with E-state index in [4.69, 9.17) is 0 Å². The van der Waals surface area contributed by atoms with Gasteiger partial charge >= 0.3 is 0 Å². The molecule has 0 amide bonds. The molecule has 1 aromatic rings. The normalized spacial score (nSPS) is 31.0. The first-order valence-corrected chi connectivity index (χ1v) is 6.56. The Morgan fingerprint density at radius 2 is 2.53 bits per heavy atom. The second kappa shape index (κ2) is 4.18. The molecule has 0 aliphatic carbocycles. The van der Waals surface area contributed by atoms with E-state index in [0.29, 0.717) is 5.25 Å². The fourth-order valence-electron chi connectivity index (χ4n) is 2.03. The quantitative estimate of drug-likeness (QED) is 0.856. The van der Waals surface area contributed by atoms with Gasteiger partial charge in [0.2, 0.25) is 0 Å². The first kappa shape index (κ1) is 11.0. The van der Waals surface area contributed by atoms with Crippen LogP contribution in [0.1, 0.15) is 32.3 Å². The van der Waals surface area contributed by atoms with Crippen LogP contribution in [0.25, 0.3) is 0 Å². The summed E-state index contributed by atoms with van der Waals surface area (Å²) in [5.74, 6) is 0.798. The number of rotatable bonds is 3. The van der Waals surface area contributed by atoms with Crippen LogP contribution in [0.4, 0.5) is 0 Å². The smallest absolute Gasteiger partial charge is 0.103 e. The molecule has 1 aliphatic rings. The highest BCUT2D eigenvalue weighted by atomic mass is 32.2. The van der Waals surface area contributed by atoms with Crippen molar-refractivity contribution in [3.63, 3.8) is 0 Å². The number of thioether (sulfide) groups is 1. The number of hydrogen-bond acceptors (Lipinski definition) is 3. The van der Waals surface area contributed by atoms with E-state index in [-0.39, 0.29) is 0 Å². The van der Waals surface area contributed by atoms with Crippen LogP contribution < -0.4 is 0 Å². The molecule has 1 saturated heterocycles. The van der Waals surface area contributed by atoms with Gasteiger partial charge in [0.25, 0.3) is 0 Å². The van der Waals surface area contributed by atoms with Gasteiger partial charge in [0, 0.05) is 29.3 Å². The summed E-state index contributed by atoms with van der Waals surface area (Å²) in [6.45, 7) is 5.22. The summed E-state index contributed by atoms with van der Waals surface area (Å²) in [5, 5.41) is 15.3. The first-order chi connectivity index (χ1) is 7.14. The lowest BCUT2D eigenvalue weighted by atomic mass is 9.94. The lowest BCUT2D eigenvalue weighted by Gasteiger charge is -2.19. The van der Waals surface area contributed by atoms with Gasteiger partial charge in [-0.2, -0.15) is 16.9 Å². The SMILES string of the molecule is CCCn1cc(C2(O)CSC(C)C2)cn1. The Morgan fingerprint density at radius 3 is 3.13 bits per heavy atom. The molecule has 84 valence electrons. The summed E-state index contributed by atoms with van der Waals surface area (Å²) >= 11 is 1.83. The van der Waals surface area contributed by atoms with Crippen LogP contribution in [-0.4, -0.2) is 25.9 Å². The van der Waals surface area contributed by atoms with Crippen molar-refractivity contribution in [1.29, 1.82) is 0 Å². The summed E-state index contributed by atoms with van der Waals surface area (Å²) in [5.41, 5.74) is 0.337. The lowest BCUT2D eigenvalue weighted by Crippen LogP contribution is -2.24. The third-order valence-electron chi connectivity index (χ3n) is 2.86. The van der Waals surface area contributed by atoms with Crippen LogP contribution in [0.3, 0.4) is 0 Å². The van der Waals surface area contributed by atoms with Crippen molar-refractivity contribution in [2.75, 3.05) is 5.75 Å². The van der Waals surface area contributed by atoms with E-state index in [1.54, 1.807) is 0 Å². The second-order valence-electron chi connectivity index (χ2n) is 4.35. The summed E-state index contributed by atoms with van der Waals surface area (Å²) in [4.78, 5) is 0. The molecule has 2 heterocycles. The van der Waals surface area contributed by atoms with E-state index >= 15 is 0 Å². The largest absolute Gasteiger partial charge is 0.384 e. The van der Waals surface area contributed by atoms with Crippen molar-refractivity contribution >= 4 is 11.8 Å².